The number of hydrogen-bond acceptors (Lipinski definition) is 2. The fourth-order valence-corrected chi connectivity index (χ4v) is 1.64. The van der Waals surface area contributed by atoms with Crippen molar-refractivity contribution < 1.29 is 9.13 Å². The van der Waals surface area contributed by atoms with Gasteiger partial charge < -0.3 is 9.64 Å². The highest BCUT2D eigenvalue weighted by Gasteiger charge is 2.15. The van der Waals surface area contributed by atoms with Crippen LogP contribution in [-0.4, -0.2) is 31.6 Å². The molecule has 3 heteroatoms. The summed E-state index contributed by atoms with van der Waals surface area (Å²) in [5, 5.41) is 0. The van der Waals surface area contributed by atoms with E-state index in [1.165, 1.54) is 12.1 Å². The Morgan fingerprint density at radius 3 is 2.47 bits per heavy atom. The maximum atomic E-state index is 12.9. The molecule has 2 nitrogen and oxygen atoms in total. The minimum absolute atomic E-state index is 0.218. The van der Waals surface area contributed by atoms with Crippen LogP contribution >= 0.6 is 0 Å². The molecule has 0 fully saturated rings. The third-order valence-electron chi connectivity index (χ3n) is 3.28. The fourth-order valence-electron chi connectivity index (χ4n) is 1.64. The molecule has 0 heterocycles. The Bertz CT molecular complexity index is 365. The second-order valence-electron chi connectivity index (χ2n) is 4.90. The van der Waals surface area contributed by atoms with Crippen molar-refractivity contribution in [2.24, 2.45) is 5.92 Å². The molecule has 0 saturated heterocycles. The smallest absolute Gasteiger partial charge is 0.123 e. The van der Waals surface area contributed by atoms with Gasteiger partial charge in [0.1, 0.15) is 11.6 Å². The summed E-state index contributed by atoms with van der Waals surface area (Å²) in [7, 11) is 4.12. The van der Waals surface area contributed by atoms with E-state index in [0.29, 0.717) is 18.6 Å². The molecule has 0 amide bonds. The summed E-state index contributed by atoms with van der Waals surface area (Å²) in [4.78, 5) is 2.17. The number of halogens is 1. The predicted octanol–water partition coefficient (Wildman–Crippen LogP) is 3.10. The van der Waals surface area contributed by atoms with E-state index in [1.807, 2.05) is 6.92 Å². The van der Waals surface area contributed by atoms with E-state index in [1.54, 1.807) is 6.07 Å². The van der Waals surface area contributed by atoms with Crippen LogP contribution in [0.25, 0.3) is 0 Å². The van der Waals surface area contributed by atoms with E-state index < -0.39 is 0 Å². The zero-order valence-electron chi connectivity index (χ0n) is 11.3. The first-order chi connectivity index (χ1) is 7.91. The number of rotatable bonds is 5. The van der Waals surface area contributed by atoms with Gasteiger partial charge in [0.05, 0.1) is 6.61 Å². The summed E-state index contributed by atoms with van der Waals surface area (Å²) >= 11 is 0. The van der Waals surface area contributed by atoms with E-state index in [2.05, 4.69) is 32.8 Å². The van der Waals surface area contributed by atoms with Gasteiger partial charge in [0.25, 0.3) is 0 Å². The molecular formula is C14H22FNO. The average Bonchev–Trinajstić information content (AvgIpc) is 2.26. The summed E-state index contributed by atoms with van der Waals surface area (Å²) in [5.74, 6) is 0.975. The monoisotopic (exact) mass is 239 g/mol. The van der Waals surface area contributed by atoms with Gasteiger partial charge in [-0.15, -0.1) is 0 Å². The van der Waals surface area contributed by atoms with Crippen molar-refractivity contribution in [3.8, 4) is 5.75 Å². The maximum absolute atomic E-state index is 12.9. The molecule has 17 heavy (non-hydrogen) atoms. The number of aryl methyl sites for hydroxylation is 1. The molecule has 0 bridgehead atoms. The van der Waals surface area contributed by atoms with Crippen LogP contribution in [-0.2, 0) is 0 Å². The molecule has 96 valence electrons. The Hall–Kier alpha value is -1.09. The quantitative estimate of drug-likeness (QED) is 0.783. The maximum Gasteiger partial charge on any atom is 0.123 e. The van der Waals surface area contributed by atoms with Gasteiger partial charge in [-0.1, -0.05) is 6.92 Å². The molecule has 0 saturated carbocycles. The highest BCUT2D eigenvalue weighted by Crippen LogP contribution is 2.20. The van der Waals surface area contributed by atoms with Crippen LogP contribution in [0.15, 0.2) is 18.2 Å². The van der Waals surface area contributed by atoms with Gasteiger partial charge in [-0.25, -0.2) is 4.39 Å². The molecular weight excluding hydrogens is 217 g/mol. The van der Waals surface area contributed by atoms with Gasteiger partial charge in [0.2, 0.25) is 0 Å². The molecule has 0 spiro atoms. The Labute approximate surface area is 103 Å². The Balaban J connectivity index is 2.55. The average molecular weight is 239 g/mol. The van der Waals surface area contributed by atoms with Crippen LogP contribution < -0.4 is 4.74 Å². The molecule has 1 aromatic rings. The molecule has 0 N–H and O–H groups in total. The van der Waals surface area contributed by atoms with Crippen LogP contribution in [0.5, 0.6) is 5.75 Å². The number of nitrogens with zero attached hydrogens (tertiary/aromatic N) is 1. The molecule has 0 radical (unpaired) electrons. The van der Waals surface area contributed by atoms with Crippen molar-refractivity contribution in [3.05, 3.63) is 29.6 Å². The summed E-state index contributed by atoms with van der Waals surface area (Å²) in [6.07, 6.45) is 0. The number of benzene rings is 1. The van der Waals surface area contributed by atoms with Crippen molar-refractivity contribution in [2.75, 3.05) is 20.7 Å². The van der Waals surface area contributed by atoms with E-state index in [4.69, 9.17) is 4.74 Å². The molecule has 0 aliphatic heterocycles. The number of hydrogen-bond donors (Lipinski definition) is 0. The Kier molecular flexibility index (Phi) is 4.94. The summed E-state index contributed by atoms with van der Waals surface area (Å²) in [5.41, 5.74) is 0.842. The SMILES string of the molecule is Cc1cc(F)ccc1OC[C@@H](C)[C@@H](C)N(C)C. The molecule has 2 atom stereocenters. The Morgan fingerprint density at radius 2 is 1.94 bits per heavy atom. The molecule has 0 aliphatic rings. The Morgan fingerprint density at radius 1 is 1.29 bits per heavy atom. The van der Waals surface area contributed by atoms with Crippen LogP contribution in [0.2, 0.25) is 0 Å². The van der Waals surface area contributed by atoms with Crippen molar-refractivity contribution in [2.45, 2.75) is 26.8 Å². The number of ether oxygens (including phenoxy) is 1. The van der Waals surface area contributed by atoms with Gasteiger partial charge >= 0.3 is 0 Å². The van der Waals surface area contributed by atoms with Gasteiger partial charge in [-0.05, 0) is 51.7 Å². The lowest BCUT2D eigenvalue weighted by molar-refractivity contribution is 0.168. The molecule has 1 aromatic carbocycles. The van der Waals surface area contributed by atoms with Gasteiger partial charge in [0, 0.05) is 12.0 Å². The van der Waals surface area contributed by atoms with Crippen LogP contribution in [0.3, 0.4) is 0 Å². The lowest BCUT2D eigenvalue weighted by Crippen LogP contribution is -2.34. The summed E-state index contributed by atoms with van der Waals surface area (Å²) in [6, 6.07) is 5.07. The van der Waals surface area contributed by atoms with E-state index >= 15 is 0 Å². The minimum Gasteiger partial charge on any atom is -0.493 e. The van der Waals surface area contributed by atoms with Crippen molar-refractivity contribution in [1.82, 2.24) is 4.90 Å². The van der Waals surface area contributed by atoms with E-state index in [9.17, 15) is 4.39 Å². The zero-order valence-corrected chi connectivity index (χ0v) is 11.3. The van der Waals surface area contributed by atoms with E-state index in [-0.39, 0.29) is 5.82 Å². The molecule has 1 rings (SSSR count). The van der Waals surface area contributed by atoms with E-state index in [0.717, 1.165) is 11.3 Å². The van der Waals surface area contributed by atoms with Gasteiger partial charge in [-0.2, -0.15) is 0 Å². The highest BCUT2D eigenvalue weighted by atomic mass is 19.1. The van der Waals surface area contributed by atoms with Crippen molar-refractivity contribution >= 4 is 0 Å². The topological polar surface area (TPSA) is 12.5 Å². The standard InChI is InChI=1S/C14H22FNO/c1-10-8-13(15)6-7-14(10)17-9-11(2)12(3)16(4)5/h6-8,11-12H,9H2,1-5H3/t11-,12-/m1/s1. The normalized spacial score (nSPS) is 14.8. The largest absolute Gasteiger partial charge is 0.493 e. The first-order valence-electron chi connectivity index (χ1n) is 5.97. The van der Waals surface area contributed by atoms with Crippen LogP contribution in [0.4, 0.5) is 4.39 Å². The zero-order chi connectivity index (χ0) is 13.0. The highest BCUT2D eigenvalue weighted by molar-refractivity contribution is 5.32. The lowest BCUT2D eigenvalue weighted by atomic mass is 10.0. The third-order valence-corrected chi connectivity index (χ3v) is 3.28. The fraction of sp³-hybridized carbons (Fsp3) is 0.571. The van der Waals surface area contributed by atoms with Crippen molar-refractivity contribution in [1.29, 1.82) is 0 Å². The van der Waals surface area contributed by atoms with Crippen LogP contribution in [0, 0.1) is 18.7 Å². The summed E-state index contributed by atoms with van der Waals surface area (Å²) in [6.45, 7) is 6.83. The van der Waals surface area contributed by atoms with Crippen LogP contribution in [0.1, 0.15) is 19.4 Å². The minimum atomic E-state index is -0.218. The van der Waals surface area contributed by atoms with Gasteiger partial charge in [0.15, 0.2) is 0 Å². The lowest BCUT2D eigenvalue weighted by Gasteiger charge is -2.26. The third kappa shape index (κ3) is 4.00. The predicted molar refractivity (Wildman–Crippen MR) is 68.9 cm³/mol. The second-order valence-corrected chi connectivity index (χ2v) is 4.90. The van der Waals surface area contributed by atoms with Gasteiger partial charge in [-0.3, -0.25) is 0 Å². The molecule has 0 unspecified atom stereocenters. The second kappa shape index (κ2) is 6.01. The first kappa shape index (κ1) is 14.0. The molecule has 0 aromatic heterocycles. The summed E-state index contributed by atoms with van der Waals surface area (Å²) < 4.78 is 18.6. The molecule has 0 aliphatic carbocycles. The first-order valence-corrected chi connectivity index (χ1v) is 5.97. The van der Waals surface area contributed by atoms with Crippen molar-refractivity contribution in [3.63, 3.8) is 0 Å².